The number of aliphatic hydroxyl groups is 1. The van der Waals surface area contributed by atoms with Crippen LogP contribution in [0.4, 0.5) is 5.69 Å². The number of nitrogens with zero attached hydrogens (tertiary/aromatic N) is 1. The number of hydrogen-bond acceptors (Lipinski definition) is 4. The molecule has 2 aromatic carbocycles. The number of aromatic nitrogens is 1. The highest BCUT2D eigenvalue weighted by atomic mass is 35.5. The zero-order chi connectivity index (χ0) is 15.4. The minimum absolute atomic E-state index is 0.0199. The molecule has 0 aliphatic heterocycles. The molecule has 22 heavy (non-hydrogen) atoms. The predicted molar refractivity (Wildman–Crippen MR) is 86.6 cm³/mol. The zero-order valence-corrected chi connectivity index (χ0v) is 12.5. The summed E-state index contributed by atoms with van der Waals surface area (Å²) in [6, 6.07) is 15.1. The summed E-state index contributed by atoms with van der Waals surface area (Å²) in [7, 11) is 0. The molecular weight excluding hydrogens is 300 g/mol. The fraction of sp³-hybridized carbons (Fsp3) is 0.118. The van der Waals surface area contributed by atoms with Gasteiger partial charge >= 0.3 is 0 Å². The van der Waals surface area contributed by atoms with Gasteiger partial charge in [0, 0.05) is 5.56 Å². The molecular formula is C17H15ClN2O2. The van der Waals surface area contributed by atoms with Crippen molar-refractivity contribution in [3.63, 3.8) is 0 Å². The van der Waals surface area contributed by atoms with Gasteiger partial charge in [0.2, 0.25) is 5.89 Å². The average molecular weight is 315 g/mol. The maximum atomic E-state index is 9.17. The van der Waals surface area contributed by atoms with E-state index in [1.165, 1.54) is 0 Å². The number of benzene rings is 2. The monoisotopic (exact) mass is 314 g/mol. The highest BCUT2D eigenvalue weighted by molar-refractivity contribution is 6.33. The third-order valence-corrected chi connectivity index (χ3v) is 3.58. The first kappa shape index (κ1) is 14.6. The van der Waals surface area contributed by atoms with Crippen LogP contribution in [0.3, 0.4) is 0 Å². The molecule has 0 unspecified atom stereocenters. The van der Waals surface area contributed by atoms with Crippen molar-refractivity contribution in [3.8, 4) is 11.5 Å². The van der Waals surface area contributed by atoms with Crippen LogP contribution in [0, 0.1) is 0 Å². The van der Waals surface area contributed by atoms with E-state index in [1.54, 1.807) is 18.4 Å². The van der Waals surface area contributed by atoms with E-state index < -0.39 is 0 Å². The van der Waals surface area contributed by atoms with Gasteiger partial charge in [0.1, 0.15) is 6.26 Å². The summed E-state index contributed by atoms with van der Waals surface area (Å²) in [4.78, 5) is 4.45. The number of hydrogen-bond donors (Lipinski definition) is 2. The van der Waals surface area contributed by atoms with E-state index in [-0.39, 0.29) is 6.61 Å². The molecule has 3 rings (SSSR count). The summed E-state index contributed by atoms with van der Waals surface area (Å²) in [5.74, 6) is 0.590. The van der Waals surface area contributed by atoms with Crippen LogP contribution in [-0.2, 0) is 13.2 Å². The van der Waals surface area contributed by atoms with Crippen LogP contribution in [0.5, 0.6) is 0 Å². The van der Waals surface area contributed by atoms with Gasteiger partial charge in [-0.3, -0.25) is 0 Å². The summed E-state index contributed by atoms with van der Waals surface area (Å²) >= 11 is 6.13. The van der Waals surface area contributed by atoms with Gasteiger partial charge in [0.15, 0.2) is 0 Å². The molecule has 0 amide bonds. The van der Waals surface area contributed by atoms with Crippen molar-refractivity contribution in [1.82, 2.24) is 4.98 Å². The highest BCUT2D eigenvalue weighted by Crippen LogP contribution is 2.24. The van der Waals surface area contributed by atoms with Crippen molar-refractivity contribution in [2.45, 2.75) is 13.2 Å². The van der Waals surface area contributed by atoms with Crippen molar-refractivity contribution < 1.29 is 9.52 Å². The fourth-order valence-corrected chi connectivity index (χ4v) is 2.28. The van der Waals surface area contributed by atoms with Crippen molar-refractivity contribution >= 4 is 17.3 Å². The number of halogens is 1. The Balaban J connectivity index is 1.71. The second-order valence-electron chi connectivity index (χ2n) is 4.84. The van der Waals surface area contributed by atoms with Crippen molar-refractivity contribution in [3.05, 3.63) is 71.1 Å². The second-order valence-corrected chi connectivity index (χ2v) is 5.24. The molecule has 0 saturated carbocycles. The van der Waals surface area contributed by atoms with E-state index >= 15 is 0 Å². The molecule has 0 saturated heterocycles. The van der Waals surface area contributed by atoms with E-state index in [1.807, 2.05) is 36.4 Å². The summed E-state index contributed by atoms with van der Waals surface area (Å²) in [6.45, 7) is 0.471. The second kappa shape index (κ2) is 6.64. The van der Waals surface area contributed by atoms with Crippen LogP contribution in [-0.4, -0.2) is 10.1 Å². The summed E-state index contributed by atoms with van der Waals surface area (Å²) in [5, 5.41) is 13.0. The van der Waals surface area contributed by atoms with Crippen LogP contribution in [0.15, 0.2) is 59.2 Å². The first-order valence-corrected chi connectivity index (χ1v) is 7.27. The number of anilines is 1. The van der Waals surface area contributed by atoms with Crippen LogP contribution in [0.1, 0.15) is 11.3 Å². The van der Waals surface area contributed by atoms with Gasteiger partial charge in [-0.2, -0.15) is 0 Å². The Morgan fingerprint density at radius 3 is 2.73 bits per heavy atom. The first-order chi connectivity index (χ1) is 10.8. The lowest BCUT2D eigenvalue weighted by molar-refractivity contribution is 0.282. The Morgan fingerprint density at radius 2 is 1.95 bits per heavy atom. The molecule has 4 nitrogen and oxygen atoms in total. The normalized spacial score (nSPS) is 10.6. The van der Waals surface area contributed by atoms with Gasteiger partial charge in [-0.15, -0.1) is 0 Å². The summed E-state index contributed by atoms with van der Waals surface area (Å²) in [6.07, 6.45) is 1.62. The molecule has 2 N–H and O–H groups in total. The zero-order valence-electron chi connectivity index (χ0n) is 11.8. The smallest absolute Gasteiger partial charge is 0.226 e. The molecule has 0 aliphatic rings. The van der Waals surface area contributed by atoms with E-state index in [0.717, 1.165) is 22.5 Å². The Hall–Kier alpha value is -2.30. The highest BCUT2D eigenvalue weighted by Gasteiger charge is 2.07. The van der Waals surface area contributed by atoms with Gasteiger partial charge in [0.25, 0.3) is 0 Å². The molecule has 0 bridgehead atoms. The predicted octanol–water partition coefficient (Wildman–Crippen LogP) is 4.10. The largest absolute Gasteiger partial charge is 0.444 e. The first-order valence-electron chi connectivity index (χ1n) is 6.89. The average Bonchev–Trinajstić information content (AvgIpc) is 3.04. The van der Waals surface area contributed by atoms with Gasteiger partial charge in [-0.1, -0.05) is 35.9 Å². The lowest BCUT2D eigenvalue weighted by atomic mass is 10.2. The van der Waals surface area contributed by atoms with E-state index in [0.29, 0.717) is 17.5 Å². The molecule has 1 heterocycles. The third-order valence-electron chi connectivity index (χ3n) is 3.25. The van der Waals surface area contributed by atoms with E-state index in [9.17, 15) is 0 Å². The molecule has 0 fully saturated rings. The van der Waals surface area contributed by atoms with Gasteiger partial charge in [-0.05, 0) is 29.8 Å². The lowest BCUT2D eigenvalue weighted by Gasteiger charge is -2.08. The number of aliphatic hydroxyl groups excluding tert-OH is 1. The Labute approximate surface area is 133 Å². The number of oxazole rings is 1. The van der Waals surface area contributed by atoms with Crippen molar-refractivity contribution in [2.24, 2.45) is 0 Å². The standard InChI is InChI=1S/C17H15ClN2O2/c18-15-7-6-12(10-21)8-16(15)19-9-14-11-22-17(20-14)13-4-2-1-3-5-13/h1-8,11,19,21H,9-10H2. The van der Waals surface area contributed by atoms with Crippen LogP contribution >= 0.6 is 11.6 Å². The fourth-order valence-electron chi connectivity index (χ4n) is 2.09. The van der Waals surface area contributed by atoms with E-state index in [2.05, 4.69) is 10.3 Å². The lowest BCUT2D eigenvalue weighted by Crippen LogP contribution is -2.01. The Bertz CT molecular complexity index is 756. The quantitative estimate of drug-likeness (QED) is 0.744. The summed E-state index contributed by atoms with van der Waals surface area (Å²) < 4.78 is 5.49. The minimum Gasteiger partial charge on any atom is -0.444 e. The Kier molecular flexibility index (Phi) is 4.42. The van der Waals surface area contributed by atoms with Crippen molar-refractivity contribution in [2.75, 3.05) is 5.32 Å². The van der Waals surface area contributed by atoms with Crippen LogP contribution in [0.25, 0.3) is 11.5 Å². The SMILES string of the molecule is OCc1ccc(Cl)c(NCc2coc(-c3ccccc3)n2)c1. The topological polar surface area (TPSA) is 58.3 Å². The molecule has 0 radical (unpaired) electrons. The third kappa shape index (κ3) is 3.30. The minimum atomic E-state index is -0.0199. The number of rotatable bonds is 5. The van der Waals surface area contributed by atoms with Gasteiger partial charge in [-0.25, -0.2) is 4.98 Å². The van der Waals surface area contributed by atoms with Gasteiger partial charge < -0.3 is 14.8 Å². The number of nitrogens with one attached hydrogen (secondary N) is 1. The van der Waals surface area contributed by atoms with Crippen LogP contribution in [0.2, 0.25) is 5.02 Å². The molecule has 0 spiro atoms. The van der Waals surface area contributed by atoms with Gasteiger partial charge in [0.05, 0.1) is 29.6 Å². The van der Waals surface area contributed by atoms with Crippen molar-refractivity contribution in [1.29, 1.82) is 0 Å². The molecule has 3 aromatic rings. The van der Waals surface area contributed by atoms with Crippen LogP contribution < -0.4 is 5.32 Å². The van der Waals surface area contributed by atoms with E-state index in [4.69, 9.17) is 21.1 Å². The molecule has 112 valence electrons. The maximum Gasteiger partial charge on any atom is 0.226 e. The summed E-state index contributed by atoms with van der Waals surface area (Å²) in [5.41, 5.74) is 3.29. The maximum absolute atomic E-state index is 9.17. The molecule has 5 heteroatoms. The molecule has 1 aromatic heterocycles. The molecule has 0 atom stereocenters. The Morgan fingerprint density at radius 1 is 1.14 bits per heavy atom. The molecule has 0 aliphatic carbocycles.